The highest BCUT2D eigenvalue weighted by Crippen LogP contribution is 2.27. The first-order chi connectivity index (χ1) is 8.61. The summed E-state index contributed by atoms with van der Waals surface area (Å²) in [5.74, 6) is 0.219. The van der Waals surface area contributed by atoms with Gasteiger partial charge in [-0.05, 0) is 43.7 Å². The number of nitrogens with one attached hydrogen (secondary N) is 1. The molecule has 98 valence electrons. The predicted molar refractivity (Wildman–Crippen MR) is 74.5 cm³/mol. The molecule has 0 saturated heterocycles. The summed E-state index contributed by atoms with van der Waals surface area (Å²) in [7, 11) is 0. The average Bonchev–Trinajstić information content (AvgIpc) is 2.78. The van der Waals surface area contributed by atoms with Gasteiger partial charge in [0.15, 0.2) is 0 Å². The summed E-state index contributed by atoms with van der Waals surface area (Å²) < 4.78 is 0. The Balaban J connectivity index is 2.11. The van der Waals surface area contributed by atoms with Crippen molar-refractivity contribution in [2.75, 3.05) is 5.32 Å². The lowest BCUT2D eigenvalue weighted by atomic mass is 10.0. The molecule has 3 nitrogen and oxygen atoms in total. The zero-order valence-corrected chi connectivity index (χ0v) is 11.2. The Morgan fingerprint density at radius 1 is 1.44 bits per heavy atom. The maximum absolute atomic E-state index is 12.2. The van der Waals surface area contributed by atoms with Gasteiger partial charge in [0.25, 0.3) is 0 Å². The van der Waals surface area contributed by atoms with Gasteiger partial charge in [-0.2, -0.15) is 0 Å². The van der Waals surface area contributed by atoms with Gasteiger partial charge in [0.1, 0.15) is 0 Å². The molecule has 0 bridgehead atoms. The second kappa shape index (κ2) is 5.53. The molecule has 18 heavy (non-hydrogen) atoms. The third-order valence-corrected chi connectivity index (χ3v) is 3.83. The lowest BCUT2D eigenvalue weighted by molar-refractivity contribution is -0.119. The lowest BCUT2D eigenvalue weighted by Crippen LogP contribution is -2.24. The molecule has 1 aromatic rings. The van der Waals surface area contributed by atoms with E-state index >= 15 is 0 Å². The number of carbonyl (C=O) groups is 1. The van der Waals surface area contributed by atoms with Crippen molar-refractivity contribution in [3.05, 3.63) is 29.3 Å². The Morgan fingerprint density at radius 2 is 2.22 bits per heavy atom. The molecule has 1 saturated carbocycles. The molecule has 0 aromatic heterocycles. The van der Waals surface area contributed by atoms with Crippen LogP contribution in [0.15, 0.2) is 18.2 Å². The predicted octanol–water partition coefficient (Wildman–Crippen LogP) is 2.62. The summed E-state index contributed by atoms with van der Waals surface area (Å²) >= 11 is 0. The van der Waals surface area contributed by atoms with Crippen LogP contribution in [0.2, 0.25) is 0 Å². The van der Waals surface area contributed by atoms with Gasteiger partial charge >= 0.3 is 0 Å². The first-order valence-electron chi connectivity index (χ1n) is 6.76. The number of benzene rings is 1. The van der Waals surface area contributed by atoms with Crippen LogP contribution in [0.1, 0.15) is 37.3 Å². The fourth-order valence-electron chi connectivity index (χ4n) is 2.68. The summed E-state index contributed by atoms with van der Waals surface area (Å²) in [6.07, 6.45) is 3.63. The quantitative estimate of drug-likeness (QED) is 0.861. The number of anilines is 1. The maximum atomic E-state index is 12.2. The van der Waals surface area contributed by atoms with E-state index in [4.69, 9.17) is 5.73 Å². The number of hydrogen-bond donors (Lipinski definition) is 2. The number of aryl methyl sites for hydroxylation is 2. The van der Waals surface area contributed by atoms with Crippen molar-refractivity contribution in [3.63, 3.8) is 0 Å². The van der Waals surface area contributed by atoms with Gasteiger partial charge in [0.05, 0.1) is 0 Å². The Kier molecular flexibility index (Phi) is 4.02. The number of hydrogen-bond acceptors (Lipinski definition) is 2. The van der Waals surface area contributed by atoms with E-state index in [1.807, 2.05) is 19.1 Å². The SMILES string of the molecule is CCc1cccc(C)c1NC(=O)C1CCC(N)C1. The van der Waals surface area contributed by atoms with Crippen LogP contribution >= 0.6 is 0 Å². The van der Waals surface area contributed by atoms with E-state index < -0.39 is 0 Å². The molecule has 2 unspecified atom stereocenters. The summed E-state index contributed by atoms with van der Waals surface area (Å²) in [6.45, 7) is 4.14. The molecule has 1 aliphatic carbocycles. The van der Waals surface area contributed by atoms with Crippen LogP contribution in [0.4, 0.5) is 5.69 Å². The topological polar surface area (TPSA) is 55.1 Å². The number of rotatable bonds is 3. The standard InChI is InChI=1S/C15H22N2O/c1-3-11-6-4-5-10(2)14(11)17-15(18)12-7-8-13(16)9-12/h4-6,12-13H,3,7-9,16H2,1-2H3,(H,17,18). The molecule has 0 aliphatic heterocycles. The zero-order valence-electron chi connectivity index (χ0n) is 11.2. The highest BCUT2D eigenvalue weighted by Gasteiger charge is 2.28. The molecule has 3 N–H and O–H groups in total. The number of nitrogens with two attached hydrogens (primary N) is 1. The summed E-state index contributed by atoms with van der Waals surface area (Å²) in [6, 6.07) is 6.34. The van der Waals surface area contributed by atoms with E-state index in [1.54, 1.807) is 0 Å². The highest BCUT2D eigenvalue weighted by atomic mass is 16.1. The fourth-order valence-corrected chi connectivity index (χ4v) is 2.68. The van der Waals surface area contributed by atoms with Crippen molar-refractivity contribution < 1.29 is 4.79 Å². The van der Waals surface area contributed by atoms with Crippen LogP contribution < -0.4 is 11.1 Å². The van der Waals surface area contributed by atoms with E-state index in [0.717, 1.165) is 36.9 Å². The molecule has 0 radical (unpaired) electrons. The molecule has 0 heterocycles. The maximum Gasteiger partial charge on any atom is 0.227 e. The molecule has 1 aromatic carbocycles. The zero-order chi connectivity index (χ0) is 13.1. The van der Waals surface area contributed by atoms with Crippen LogP contribution in [-0.2, 0) is 11.2 Å². The van der Waals surface area contributed by atoms with Crippen LogP contribution in [0.25, 0.3) is 0 Å². The Morgan fingerprint density at radius 3 is 2.83 bits per heavy atom. The van der Waals surface area contributed by atoms with Gasteiger partial charge in [-0.1, -0.05) is 25.1 Å². The van der Waals surface area contributed by atoms with Crippen LogP contribution in [0.5, 0.6) is 0 Å². The Labute approximate surface area is 109 Å². The lowest BCUT2D eigenvalue weighted by Gasteiger charge is -2.15. The second-order valence-electron chi connectivity index (χ2n) is 5.22. The van der Waals surface area contributed by atoms with E-state index in [1.165, 1.54) is 5.56 Å². The third-order valence-electron chi connectivity index (χ3n) is 3.83. The highest BCUT2D eigenvalue weighted by molar-refractivity contribution is 5.94. The van der Waals surface area contributed by atoms with Crippen molar-refractivity contribution in [2.24, 2.45) is 11.7 Å². The minimum Gasteiger partial charge on any atom is -0.328 e. The minimum absolute atomic E-state index is 0.0873. The number of amides is 1. The normalized spacial score (nSPS) is 23.1. The van der Waals surface area contributed by atoms with Gasteiger partial charge in [0, 0.05) is 17.6 Å². The molecule has 1 fully saturated rings. The molecule has 1 amide bonds. The fraction of sp³-hybridized carbons (Fsp3) is 0.533. The number of para-hydroxylation sites is 1. The van der Waals surface area contributed by atoms with Gasteiger partial charge < -0.3 is 11.1 Å². The van der Waals surface area contributed by atoms with Gasteiger partial charge in [0.2, 0.25) is 5.91 Å². The molecular weight excluding hydrogens is 224 g/mol. The first kappa shape index (κ1) is 13.1. The number of carbonyl (C=O) groups excluding carboxylic acids is 1. The van der Waals surface area contributed by atoms with Gasteiger partial charge in [-0.15, -0.1) is 0 Å². The monoisotopic (exact) mass is 246 g/mol. The molecule has 2 rings (SSSR count). The first-order valence-corrected chi connectivity index (χ1v) is 6.76. The molecular formula is C15H22N2O. The average molecular weight is 246 g/mol. The molecule has 0 spiro atoms. The molecule has 2 atom stereocenters. The van der Waals surface area contributed by atoms with E-state index in [0.29, 0.717) is 0 Å². The van der Waals surface area contributed by atoms with E-state index in [9.17, 15) is 4.79 Å². The third kappa shape index (κ3) is 2.72. The summed E-state index contributed by atoms with van der Waals surface area (Å²) in [5.41, 5.74) is 9.18. The van der Waals surface area contributed by atoms with Crippen molar-refractivity contribution in [1.29, 1.82) is 0 Å². The Bertz CT molecular complexity index is 442. The van der Waals surface area contributed by atoms with Gasteiger partial charge in [-0.3, -0.25) is 4.79 Å². The largest absolute Gasteiger partial charge is 0.328 e. The van der Waals surface area contributed by atoms with Crippen molar-refractivity contribution in [2.45, 2.75) is 45.6 Å². The second-order valence-corrected chi connectivity index (χ2v) is 5.22. The Hall–Kier alpha value is -1.35. The van der Waals surface area contributed by atoms with Crippen LogP contribution in [0, 0.1) is 12.8 Å². The van der Waals surface area contributed by atoms with E-state index in [-0.39, 0.29) is 17.9 Å². The minimum atomic E-state index is 0.0873. The van der Waals surface area contributed by atoms with E-state index in [2.05, 4.69) is 18.3 Å². The van der Waals surface area contributed by atoms with Crippen molar-refractivity contribution >= 4 is 11.6 Å². The molecule has 1 aliphatic rings. The molecule has 3 heteroatoms. The van der Waals surface area contributed by atoms with Gasteiger partial charge in [-0.25, -0.2) is 0 Å². The van der Waals surface area contributed by atoms with Crippen LogP contribution in [-0.4, -0.2) is 11.9 Å². The van der Waals surface area contributed by atoms with Crippen molar-refractivity contribution in [3.8, 4) is 0 Å². The smallest absolute Gasteiger partial charge is 0.227 e. The summed E-state index contributed by atoms with van der Waals surface area (Å²) in [4.78, 5) is 12.2. The summed E-state index contributed by atoms with van der Waals surface area (Å²) in [5, 5.41) is 3.10. The van der Waals surface area contributed by atoms with Crippen LogP contribution in [0.3, 0.4) is 0 Å². The van der Waals surface area contributed by atoms with Crippen molar-refractivity contribution in [1.82, 2.24) is 0 Å².